The van der Waals surface area contributed by atoms with E-state index in [-0.39, 0.29) is 0 Å². The molecule has 0 amide bonds. The molecule has 1 radical (unpaired) electrons. The van der Waals surface area contributed by atoms with Gasteiger partial charge in [0.2, 0.25) is 0 Å². The molecule has 21 heavy (non-hydrogen) atoms. The average Bonchev–Trinajstić information content (AvgIpc) is 2.46. The highest BCUT2D eigenvalue weighted by Crippen LogP contribution is 2.24. The van der Waals surface area contributed by atoms with Crippen LogP contribution < -0.4 is 0 Å². The van der Waals surface area contributed by atoms with E-state index in [1.807, 2.05) is 6.07 Å². The fourth-order valence-corrected chi connectivity index (χ4v) is 3.49. The first kappa shape index (κ1) is 18.0. The van der Waals surface area contributed by atoms with Crippen molar-refractivity contribution in [1.29, 1.82) is 0 Å². The molecule has 12 heteroatoms. The number of hydrogen-bond acceptors (Lipinski definition) is 9. The van der Waals surface area contributed by atoms with Gasteiger partial charge in [0.1, 0.15) is 9.79 Å². The number of rotatable bonds is 6. The lowest BCUT2D eigenvalue weighted by Gasteiger charge is -2.08. The molecule has 0 aliphatic heterocycles. The molecule has 0 atom stereocenters. The summed E-state index contributed by atoms with van der Waals surface area (Å²) in [5.74, 6) is 0. The third-order valence-corrected chi connectivity index (χ3v) is 5.93. The molecule has 0 unspecified atom stereocenters. The largest absolute Gasteiger partial charge is 0.297 e. The van der Waals surface area contributed by atoms with Gasteiger partial charge in [-0.3, -0.25) is 12.5 Å². The smallest absolute Gasteiger partial charge is 0.270 e. The van der Waals surface area contributed by atoms with E-state index in [1.165, 1.54) is 0 Å². The van der Waals surface area contributed by atoms with Gasteiger partial charge in [-0.15, -0.1) is 0 Å². The van der Waals surface area contributed by atoms with Crippen LogP contribution in [0.1, 0.15) is 0 Å². The lowest BCUT2D eigenvalue weighted by molar-refractivity contribution is 0.393. The second kappa shape index (κ2) is 5.98. The Hall–Kier alpha value is -1.05. The van der Waals surface area contributed by atoms with Crippen LogP contribution in [-0.4, -0.2) is 46.6 Å². The molecule has 119 valence electrons. The standard InChI is InChI=1S/C9H11O9S3/c1-16-19(10,11)7-4-8(20(12,13)17-2)6-9(5-7)21(14,15)18-3/h4-5H,1-3H3. The van der Waals surface area contributed by atoms with Crippen LogP contribution >= 0.6 is 0 Å². The van der Waals surface area contributed by atoms with Crippen molar-refractivity contribution in [2.75, 3.05) is 21.3 Å². The van der Waals surface area contributed by atoms with E-state index < -0.39 is 45.0 Å². The van der Waals surface area contributed by atoms with Crippen molar-refractivity contribution in [3.63, 3.8) is 0 Å². The Labute approximate surface area is 122 Å². The quantitative estimate of drug-likeness (QED) is 0.616. The van der Waals surface area contributed by atoms with Gasteiger partial charge in [0.25, 0.3) is 30.4 Å². The summed E-state index contributed by atoms with van der Waals surface area (Å²) in [5, 5.41) is 0. The SMILES string of the molecule is COS(=O)(=O)c1[c]c(S(=O)(=O)OC)cc(S(=O)(=O)OC)c1. The van der Waals surface area contributed by atoms with Crippen molar-refractivity contribution in [3.8, 4) is 0 Å². The monoisotopic (exact) mass is 359 g/mol. The summed E-state index contributed by atoms with van der Waals surface area (Å²) >= 11 is 0. The molecule has 0 spiro atoms. The maximum absolute atomic E-state index is 11.6. The summed E-state index contributed by atoms with van der Waals surface area (Å²) in [4.78, 5) is -2.28. The van der Waals surface area contributed by atoms with Gasteiger partial charge >= 0.3 is 0 Å². The van der Waals surface area contributed by atoms with Crippen LogP contribution in [0.2, 0.25) is 0 Å². The van der Waals surface area contributed by atoms with Gasteiger partial charge in [0.05, 0.1) is 26.2 Å². The van der Waals surface area contributed by atoms with Crippen LogP contribution in [0.4, 0.5) is 0 Å². The number of hydrogen-bond donors (Lipinski definition) is 0. The van der Waals surface area contributed by atoms with Crippen molar-refractivity contribution in [2.24, 2.45) is 0 Å². The maximum Gasteiger partial charge on any atom is 0.297 e. The fourth-order valence-electron chi connectivity index (χ4n) is 1.18. The van der Waals surface area contributed by atoms with Gasteiger partial charge < -0.3 is 0 Å². The first-order chi connectivity index (χ1) is 9.50. The van der Waals surface area contributed by atoms with Gasteiger partial charge in [-0.25, -0.2) is 0 Å². The minimum absolute atomic E-state index is 0.659. The van der Waals surface area contributed by atoms with Crippen LogP contribution in [0.15, 0.2) is 26.8 Å². The Bertz CT molecular complexity index is 708. The lowest BCUT2D eigenvalue weighted by atomic mass is 10.4. The first-order valence-corrected chi connectivity index (χ1v) is 9.22. The van der Waals surface area contributed by atoms with Crippen LogP contribution in [0, 0.1) is 6.07 Å². The third kappa shape index (κ3) is 3.78. The van der Waals surface area contributed by atoms with Crippen molar-refractivity contribution in [2.45, 2.75) is 14.7 Å². The number of benzene rings is 1. The first-order valence-electron chi connectivity index (χ1n) is 4.99. The molecule has 0 saturated heterocycles. The summed E-state index contributed by atoms with van der Waals surface area (Å²) in [6.45, 7) is 0. The lowest BCUT2D eigenvalue weighted by Crippen LogP contribution is -2.11. The molecule has 0 saturated carbocycles. The van der Waals surface area contributed by atoms with Crippen LogP contribution in [-0.2, 0) is 42.9 Å². The van der Waals surface area contributed by atoms with Gasteiger partial charge in [0, 0.05) is 6.07 Å². The zero-order valence-corrected chi connectivity index (χ0v) is 13.5. The molecule has 0 bridgehead atoms. The normalized spacial score (nSPS) is 13.3. The van der Waals surface area contributed by atoms with Gasteiger partial charge in [-0.1, -0.05) is 0 Å². The van der Waals surface area contributed by atoms with Crippen molar-refractivity contribution in [3.05, 3.63) is 18.2 Å². The van der Waals surface area contributed by atoms with Gasteiger partial charge in [0.15, 0.2) is 0 Å². The Balaban J connectivity index is 3.80. The highest BCUT2D eigenvalue weighted by molar-refractivity contribution is 7.88. The summed E-state index contributed by atoms with van der Waals surface area (Å²) in [7, 11) is -10.6. The molecule has 0 aliphatic carbocycles. The summed E-state index contributed by atoms with van der Waals surface area (Å²) in [6.07, 6.45) is 0. The van der Waals surface area contributed by atoms with E-state index in [0.29, 0.717) is 12.1 Å². The summed E-state index contributed by atoms with van der Waals surface area (Å²) in [5.41, 5.74) is 0. The molecule has 1 aromatic carbocycles. The fraction of sp³-hybridized carbons (Fsp3) is 0.333. The van der Waals surface area contributed by atoms with Gasteiger partial charge in [-0.2, -0.15) is 25.3 Å². The molecule has 9 nitrogen and oxygen atoms in total. The average molecular weight is 359 g/mol. The second-order valence-electron chi connectivity index (χ2n) is 3.41. The molecular weight excluding hydrogens is 348 g/mol. The molecule has 0 aliphatic rings. The van der Waals surface area contributed by atoms with Crippen molar-refractivity contribution in [1.82, 2.24) is 0 Å². The molecule has 0 fully saturated rings. The van der Waals surface area contributed by atoms with Crippen LogP contribution in [0.3, 0.4) is 0 Å². The minimum Gasteiger partial charge on any atom is -0.270 e. The Kier molecular flexibility index (Phi) is 5.13. The predicted octanol–water partition coefficient (Wildman–Crippen LogP) is -0.508. The van der Waals surface area contributed by atoms with Crippen LogP contribution in [0.5, 0.6) is 0 Å². The van der Waals surface area contributed by atoms with Crippen molar-refractivity contribution < 1.29 is 37.8 Å². The molecule has 0 heterocycles. The minimum atomic E-state index is -4.38. The van der Waals surface area contributed by atoms with E-state index in [0.717, 1.165) is 21.3 Å². The summed E-state index contributed by atoms with van der Waals surface area (Å²) < 4.78 is 82.3. The molecule has 1 aromatic rings. The van der Waals surface area contributed by atoms with E-state index in [4.69, 9.17) is 0 Å². The molecular formula is C9H11O9S3. The molecule has 1 rings (SSSR count). The molecule has 0 N–H and O–H groups in total. The van der Waals surface area contributed by atoms with E-state index >= 15 is 0 Å². The zero-order valence-electron chi connectivity index (χ0n) is 11.1. The highest BCUT2D eigenvalue weighted by Gasteiger charge is 2.26. The maximum atomic E-state index is 11.6. The third-order valence-electron chi connectivity index (χ3n) is 2.28. The molecule has 0 aromatic heterocycles. The van der Waals surface area contributed by atoms with E-state index in [9.17, 15) is 25.3 Å². The Morgan fingerprint density at radius 3 is 1.33 bits per heavy atom. The highest BCUT2D eigenvalue weighted by atomic mass is 32.2. The van der Waals surface area contributed by atoms with Gasteiger partial charge in [-0.05, 0) is 12.1 Å². The van der Waals surface area contributed by atoms with Crippen molar-refractivity contribution >= 4 is 30.4 Å². The van der Waals surface area contributed by atoms with E-state index in [2.05, 4.69) is 12.5 Å². The second-order valence-corrected chi connectivity index (χ2v) is 8.48. The summed E-state index contributed by atoms with van der Waals surface area (Å²) in [6, 6.07) is 3.34. The Morgan fingerprint density at radius 2 is 1.05 bits per heavy atom. The Morgan fingerprint density at radius 1 is 0.714 bits per heavy atom. The van der Waals surface area contributed by atoms with E-state index in [1.54, 1.807) is 0 Å². The van der Waals surface area contributed by atoms with Crippen LogP contribution in [0.25, 0.3) is 0 Å². The zero-order chi connectivity index (χ0) is 16.5. The predicted molar refractivity (Wildman–Crippen MR) is 67.9 cm³/mol. The topological polar surface area (TPSA) is 130 Å².